The van der Waals surface area contributed by atoms with E-state index in [9.17, 15) is 19.8 Å². The van der Waals surface area contributed by atoms with Crippen LogP contribution in [0.2, 0.25) is 0 Å². The monoisotopic (exact) mass is 336 g/mol. The molecule has 0 aromatic heterocycles. The summed E-state index contributed by atoms with van der Waals surface area (Å²) in [5.41, 5.74) is 1.40. The van der Waals surface area contributed by atoms with Crippen LogP contribution in [0.3, 0.4) is 0 Å². The number of carboxylic acids is 2. The third-order valence-corrected chi connectivity index (χ3v) is 6.37. The van der Waals surface area contributed by atoms with Crippen molar-refractivity contribution in [3.8, 4) is 0 Å². The van der Waals surface area contributed by atoms with E-state index in [-0.39, 0.29) is 0 Å². The van der Waals surface area contributed by atoms with Gasteiger partial charge in [0.15, 0.2) is 0 Å². The van der Waals surface area contributed by atoms with Crippen molar-refractivity contribution in [3.05, 3.63) is 11.1 Å². The molecule has 2 bridgehead atoms. The van der Waals surface area contributed by atoms with Crippen LogP contribution < -0.4 is 0 Å². The maximum absolute atomic E-state index is 12.1. The maximum Gasteiger partial charge on any atom is 0.308 e. The van der Waals surface area contributed by atoms with Gasteiger partial charge in [0.1, 0.15) is 0 Å². The molecule has 0 saturated heterocycles. The minimum atomic E-state index is -0.958. The Morgan fingerprint density at radius 2 is 1.17 bits per heavy atom. The van der Waals surface area contributed by atoms with Crippen LogP contribution in [0.15, 0.2) is 11.1 Å². The number of carbonyl (C=O) groups is 2. The van der Waals surface area contributed by atoms with Crippen LogP contribution in [-0.2, 0) is 9.59 Å². The molecular weight excluding hydrogens is 304 g/mol. The first-order chi connectivity index (χ1) is 10.9. The molecule has 4 nitrogen and oxygen atoms in total. The van der Waals surface area contributed by atoms with E-state index in [1.165, 1.54) is 11.1 Å². The summed E-state index contributed by atoms with van der Waals surface area (Å²) in [6.07, 6.45) is 3.27. The fourth-order valence-electron chi connectivity index (χ4n) is 5.29. The Bertz CT molecular complexity index is 524. The minimum Gasteiger partial charge on any atom is -0.481 e. The average molecular weight is 336 g/mol. The molecule has 0 aromatic rings. The van der Waals surface area contributed by atoms with Gasteiger partial charge in [-0.3, -0.25) is 9.59 Å². The van der Waals surface area contributed by atoms with Crippen LogP contribution in [-0.4, -0.2) is 22.2 Å². The maximum atomic E-state index is 12.1. The summed E-state index contributed by atoms with van der Waals surface area (Å²) in [6, 6.07) is 0. The van der Waals surface area contributed by atoms with Gasteiger partial charge >= 0.3 is 11.9 Å². The molecule has 0 radical (unpaired) electrons. The predicted octanol–water partition coefficient (Wildman–Crippen LogP) is 4.60. The van der Waals surface area contributed by atoms with Crippen LogP contribution in [0, 0.1) is 34.5 Å². The molecule has 4 atom stereocenters. The van der Waals surface area contributed by atoms with Gasteiger partial charge in [-0.1, -0.05) is 52.7 Å². The van der Waals surface area contributed by atoms with Gasteiger partial charge < -0.3 is 10.2 Å². The first-order valence-corrected chi connectivity index (χ1v) is 9.13. The molecule has 0 spiro atoms. The van der Waals surface area contributed by atoms with E-state index >= 15 is 0 Å². The summed E-state index contributed by atoms with van der Waals surface area (Å²) < 4.78 is 0. The highest BCUT2D eigenvalue weighted by atomic mass is 16.4. The summed E-state index contributed by atoms with van der Waals surface area (Å²) in [5, 5.41) is 19.8. The number of allylic oxidation sites excluding steroid dienone is 2. The summed E-state index contributed by atoms with van der Waals surface area (Å²) in [6.45, 7) is 12.6. The van der Waals surface area contributed by atoms with Crippen molar-refractivity contribution >= 4 is 11.9 Å². The molecule has 3 rings (SSSR count). The molecule has 4 unspecified atom stereocenters. The lowest BCUT2D eigenvalue weighted by Crippen LogP contribution is -2.59. The zero-order valence-corrected chi connectivity index (χ0v) is 15.8. The second-order valence-electron chi connectivity index (χ2n) is 9.12. The van der Waals surface area contributed by atoms with Crippen molar-refractivity contribution in [2.24, 2.45) is 34.5 Å². The van der Waals surface area contributed by atoms with Gasteiger partial charge in [0, 0.05) is 10.8 Å². The molecule has 4 heteroatoms. The van der Waals surface area contributed by atoms with Crippen molar-refractivity contribution in [2.45, 2.75) is 67.2 Å². The van der Waals surface area contributed by atoms with Crippen molar-refractivity contribution in [2.75, 3.05) is 0 Å². The third-order valence-electron chi connectivity index (χ3n) is 6.37. The van der Waals surface area contributed by atoms with E-state index in [0.717, 1.165) is 25.7 Å². The topological polar surface area (TPSA) is 74.6 Å². The Morgan fingerprint density at radius 3 is 1.38 bits per heavy atom. The smallest absolute Gasteiger partial charge is 0.308 e. The summed E-state index contributed by atoms with van der Waals surface area (Å²) in [7, 11) is 0. The lowest BCUT2D eigenvalue weighted by Gasteiger charge is -2.60. The summed E-state index contributed by atoms with van der Waals surface area (Å²) in [4.78, 5) is 24.2. The molecule has 3 aliphatic rings. The van der Waals surface area contributed by atoms with E-state index < -0.39 is 34.6 Å². The molecule has 0 amide bonds. The van der Waals surface area contributed by atoms with E-state index in [1.54, 1.807) is 0 Å². The molecule has 0 aliphatic heterocycles. The van der Waals surface area contributed by atoms with Gasteiger partial charge in [0.2, 0.25) is 0 Å². The molecule has 0 heterocycles. The largest absolute Gasteiger partial charge is 0.481 e. The quantitative estimate of drug-likeness (QED) is 0.695. The van der Waals surface area contributed by atoms with Gasteiger partial charge in [0.25, 0.3) is 0 Å². The van der Waals surface area contributed by atoms with E-state index in [4.69, 9.17) is 0 Å². The van der Waals surface area contributed by atoms with Gasteiger partial charge in [0.05, 0.1) is 11.8 Å². The Morgan fingerprint density at radius 1 is 0.875 bits per heavy atom. The predicted molar refractivity (Wildman–Crippen MR) is 93.6 cm³/mol. The fraction of sp³-hybridized carbons (Fsp3) is 0.800. The number of carboxylic acid groups (broad SMARTS) is 2. The first kappa shape index (κ1) is 19.0. The molecule has 0 aromatic carbocycles. The van der Waals surface area contributed by atoms with Gasteiger partial charge in [-0.15, -0.1) is 0 Å². The van der Waals surface area contributed by atoms with E-state index in [2.05, 4.69) is 27.7 Å². The van der Waals surface area contributed by atoms with Crippen LogP contribution in [0.4, 0.5) is 0 Å². The highest BCUT2D eigenvalue weighted by molar-refractivity contribution is 5.84. The van der Waals surface area contributed by atoms with E-state index in [1.807, 2.05) is 13.8 Å². The lowest BCUT2D eigenvalue weighted by molar-refractivity contribution is -0.172. The van der Waals surface area contributed by atoms with Crippen LogP contribution in [0.1, 0.15) is 67.2 Å². The SMILES string of the molecule is CC(C)CC1=C(CC(C)C)C2(C)CCC1(C)C(C(=O)O)C2C(=O)O. The lowest BCUT2D eigenvalue weighted by atomic mass is 9.42. The fourth-order valence-corrected chi connectivity index (χ4v) is 5.29. The number of rotatable bonds is 6. The Balaban J connectivity index is 2.74. The summed E-state index contributed by atoms with van der Waals surface area (Å²) in [5.74, 6) is -2.72. The highest BCUT2D eigenvalue weighted by Gasteiger charge is 2.64. The Labute approximate surface area is 145 Å². The summed E-state index contributed by atoms with van der Waals surface area (Å²) >= 11 is 0. The van der Waals surface area contributed by atoms with Crippen molar-refractivity contribution in [1.82, 2.24) is 0 Å². The van der Waals surface area contributed by atoms with Crippen molar-refractivity contribution < 1.29 is 19.8 Å². The zero-order valence-electron chi connectivity index (χ0n) is 15.8. The van der Waals surface area contributed by atoms with Crippen LogP contribution in [0.5, 0.6) is 0 Å². The Kier molecular flexibility index (Phi) is 4.91. The number of aliphatic carboxylic acids is 2. The van der Waals surface area contributed by atoms with Crippen LogP contribution in [0.25, 0.3) is 0 Å². The average Bonchev–Trinajstić information content (AvgIpc) is 2.42. The normalized spacial score (nSPS) is 35.8. The molecular formula is C20H32O4. The molecule has 136 valence electrons. The highest BCUT2D eigenvalue weighted by Crippen LogP contribution is 2.66. The molecule has 24 heavy (non-hydrogen) atoms. The molecule has 2 N–H and O–H groups in total. The molecule has 1 saturated carbocycles. The van der Waals surface area contributed by atoms with Crippen molar-refractivity contribution in [1.29, 1.82) is 0 Å². The third kappa shape index (κ3) is 2.78. The standard InChI is InChI=1S/C20H32O4/c1-11(2)9-13-14(10-12(3)4)20(6)8-7-19(13,5)15(17(21)22)16(20)18(23)24/h11-12,15-16H,7-10H2,1-6H3,(H,21,22)(H,23,24). The molecule has 3 aliphatic carbocycles. The van der Waals surface area contributed by atoms with Crippen molar-refractivity contribution in [3.63, 3.8) is 0 Å². The van der Waals surface area contributed by atoms with Crippen LogP contribution >= 0.6 is 0 Å². The van der Waals surface area contributed by atoms with Gasteiger partial charge in [-0.2, -0.15) is 0 Å². The number of hydrogen-bond acceptors (Lipinski definition) is 2. The molecule has 1 fully saturated rings. The Hall–Kier alpha value is -1.32. The van der Waals surface area contributed by atoms with Gasteiger partial charge in [-0.05, 0) is 37.5 Å². The first-order valence-electron chi connectivity index (χ1n) is 9.13. The minimum absolute atomic E-state index is 0.430. The zero-order chi connectivity index (χ0) is 18.4. The number of hydrogen-bond donors (Lipinski definition) is 2. The number of fused-ring (bicyclic) bond motifs is 2. The van der Waals surface area contributed by atoms with E-state index in [0.29, 0.717) is 11.8 Å². The second kappa shape index (κ2) is 6.20. The van der Waals surface area contributed by atoms with Gasteiger partial charge in [-0.25, -0.2) is 0 Å². The second-order valence-corrected chi connectivity index (χ2v) is 9.12.